The number of halogens is 2. The minimum atomic E-state index is -1.30. The molecule has 150 valence electrons. The molecular formula is C19H19F2NO5S. The van der Waals surface area contributed by atoms with Crippen molar-refractivity contribution in [2.75, 3.05) is 18.5 Å². The number of carbonyl (C=O) groups is 3. The third-order valence-electron chi connectivity index (χ3n) is 3.80. The van der Waals surface area contributed by atoms with Gasteiger partial charge in [0.1, 0.15) is 22.2 Å². The van der Waals surface area contributed by atoms with Crippen LogP contribution in [0.1, 0.15) is 45.0 Å². The van der Waals surface area contributed by atoms with Gasteiger partial charge in [-0.2, -0.15) is 0 Å². The van der Waals surface area contributed by atoms with Crippen LogP contribution in [0.5, 0.6) is 0 Å². The number of carbonyl (C=O) groups excluding carboxylic acids is 3. The second-order valence-electron chi connectivity index (χ2n) is 5.65. The molecule has 1 heterocycles. The number of hydrogen-bond donors (Lipinski definition) is 1. The van der Waals surface area contributed by atoms with E-state index in [0.717, 1.165) is 23.1 Å². The van der Waals surface area contributed by atoms with E-state index in [0.29, 0.717) is 12.0 Å². The Morgan fingerprint density at radius 1 is 1.04 bits per heavy atom. The lowest BCUT2D eigenvalue weighted by Gasteiger charge is -2.08. The Morgan fingerprint density at radius 2 is 1.64 bits per heavy atom. The molecule has 0 aliphatic rings. The average molecular weight is 411 g/mol. The van der Waals surface area contributed by atoms with Crippen molar-refractivity contribution in [3.63, 3.8) is 0 Å². The van der Waals surface area contributed by atoms with Crippen molar-refractivity contribution in [3.8, 4) is 0 Å². The molecule has 0 aliphatic heterocycles. The highest BCUT2D eigenvalue weighted by atomic mass is 32.1. The zero-order chi connectivity index (χ0) is 20.8. The van der Waals surface area contributed by atoms with Gasteiger partial charge in [0.15, 0.2) is 6.61 Å². The van der Waals surface area contributed by atoms with Gasteiger partial charge in [-0.05, 0) is 38.0 Å². The van der Waals surface area contributed by atoms with E-state index in [4.69, 9.17) is 9.47 Å². The van der Waals surface area contributed by atoms with E-state index in [-0.39, 0.29) is 17.2 Å². The minimum absolute atomic E-state index is 0.175. The SMILES string of the molecule is CCOC(=O)c1c(NC(=O)COC(=O)c2c(F)cccc2F)sc(CC)c1C. The number of esters is 2. The maximum atomic E-state index is 13.6. The molecule has 6 nitrogen and oxygen atoms in total. The fraction of sp³-hybridized carbons (Fsp3) is 0.316. The monoisotopic (exact) mass is 411 g/mol. The second kappa shape index (κ2) is 9.41. The predicted molar refractivity (Wildman–Crippen MR) is 99.7 cm³/mol. The van der Waals surface area contributed by atoms with Gasteiger partial charge in [-0.15, -0.1) is 11.3 Å². The van der Waals surface area contributed by atoms with E-state index in [1.165, 1.54) is 11.3 Å². The summed E-state index contributed by atoms with van der Waals surface area (Å²) < 4.78 is 36.9. The zero-order valence-corrected chi connectivity index (χ0v) is 16.4. The van der Waals surface area contributed by atoms with Gasteiger partial charge in [-0.3, -0.25) is 4.79 Å². The lowest BCUT2D eigenvalue weighted by Crippen LogP contribution is -2.22. The molecule has 2 aromatic rings. The Labute approximate surface area is 164 Å². The molecule has 9 heteroatoms. The number of anilines is 1. The van der Waals surface area contributed by atoms with Crippen molar-refractivity contribution in [2.24, 2.45) is 0 Å². The fourth-order valence-corrected chi connectivity index (χ4v) is 3.64. The smallest absolute Gasteiger partial charge is 0.344 e. The molecule has 0 spiro atoms. The zero-order valence-electron chi connectivity index (χ0n) is 15.6. The minimum Gasteiger partial charge on any atom is -0.462 e. The van der Waals surface area contributed by atoms with Crippen LogP contribution >= 0.6 is 11.3 Å². The normalized spacial score (nSPS) is 10.5. The van der Waals surface area contributed by atoms with Crippen molar-refractivity contribution in [1.29, 1.82) is 0 Å². The van der Waals surface area contributed by atoms with Gasteiger partial charge in [0.05, 0.1) is 12.2 Å². The van der Waals surface area contributed by atoms with E-state index < -0.39 is 41.7 Å². The third kappa shape index (κ3) is 4.72. The van der Waals surface area contributed by atoms with Gasteiger partial charge in [0, 0.05) is 4.88 Å². The van der Waals surface area contributed by atoms with Gasteiger partial charge in [0.2, 0.25) is 0 Å². The van der Waals surface area contributed by atoms with Crippen LogP contribution in [-0.2, 0) is 20.7 Å². The number of thiophene rings is 1. The first-order valence-electron chi connectivity index (χ1n) is 8.50. The summed E-state index contributed by atoms with van der Waals surface area (Å²) in [5, 5.41) is 2.76. The summed E-state index contributed by atoms with van der Waals surface area (Å²) in [4.78, 5) is 37.1. The Balaban J connectivity index is 2.11. The summed E-state index contributed by atoms with van der Waals surface area (Å²) in [5.41, 5.74) is 0.0675. The summed E-state index contributed by atoms with van der Waals surface area (Å²) in [5.74, 6) is -4.79. The van der Waals surface area contributed by atoms with Crippen LogP contribution in [0.4, 0.5) is 13.8 Å². The second-order valence-corrected chi connectivity index (χ2v) is 6.75. The summed E-state index contributed by atoms with van der Waals surface area (Å²) in [6.45, 7) is 4.73. The van der Waals surface area contributed by atoms with E-state index in [2.05, 4.69) is 5.32 Å². The third-order valence-corrected chi connectivity index (χ3v) is 5.15. The molecule has 0 radical (unpaired) electrons. The van der Waals surface area contributed by atoms with Crippen LogP contribution in [0.3, 0.4) is 0 Å². The lowest BCUT2D eigenvalue weighted by molar-refractivity contribution is -0.119. The highest BCUT2D eigenvalue weighted by molar-refractivity contribution is 7.17. The first kappa shape index (κ1) is 21.5. The topological polar surface area (TPSA) is 81.7 Å². The van der Waals surface area contributed by atoms with Gasteiger partial charge < -0.3 is 14.8 Å². The van der Waals surface area contributed by atoms with E-state index in [1.54, 1.807) is 13.8 Å². The molecule has 0 atom stereocenters. The first-order valence-corrected chi connectivity index (χ1v) is 9.32. The van der Waals surface area contributed by atoms with Crippen LogP contribution in [0.25, 0.3) is 0 Å². The molecule has 1 aromatic carbocycles. The highest BCUT2D eigenvalue weighted by Crippen LogP contribution is 2.34. The van der Waals surface area contributed by atoms with Crippen LogP contribution < -0.4 is 5.32 Å². The number of amides is 1. The van der Waals surface area contributed by atoms with Crippen LogP contribution in [0.2, 0.25) is 0 Å². The van der Waals surface area contributed by atoms with E-state index in [1.807, 2.05) is 6.92 Å². The number of benzene rings is 1. The van der Waals surface area contributed by atoms with Gasteiger partial charge >= 0.3 is 11.9 Å². The van der Waals surface area contributed by atoms with Crippen molar-refractivity contribution in [1.82, 2.24) is 0 Å². The van der Waals surface area contributed by atoms with Gasteiger partial charge in [-0.25, -0.2) is 18.4 Å². The number of nitrogens with one attached hydrogen (secondary N) is 1. The van der Waals surface area contributed by atoms with Crippen molar-refractivity contribution in [3.05, 3.63) is 51.4 Å². The van der Waals surface area contributed by atoms with E-state index >= 15 is 0 Å². The number of hydrogen-bond acceptors (Lipinski definition) is 6. The molecule has 1 aromatic heterocycles. The Kier molecular flexibility index (Phi) is 7.22. The predicted octanol–water partition coefficient (Wildman–Crippen LogP) is 3.87. The summed E-state index contributed by atoms with van der Waals surface area (Å²) in [6, 6.07) is 2.92. The lowest BCUT2D eigenvalue weighted by atomic mass is 10.1. The Bertz CT molecular complexity index is 890. The van der Waals surface area contributed by atoms with Crippen LogP contribution in [0.15, 0.2) is 18.2 Å². The number of rotatable bonds is 7. The van der Waals surface area contributed by atoms with E-state index in [9.17, 15) is 23.2 Å². The molecule has 0 unspecified atom stereocenters. The van der Waals surface area contributed by atoms with Crippen molar-refractivity contribution >= 4 is 34.2 Å². The molecule has 0 saturated heterocycles. The molecule has 0 fully saturated rings. The van der Waals surface area contributed by atoms with Crippen LogP contribution in [-0.4, -0.2) is 31.1 Å². The molecule has 1 N–H and O–H groups in total. The maximum Gasteiger partial charge on any atom is 0.344 e. The number of ether oxygens (including phenoxy) is 2. The van der Waals surface area contributed by atoms with Gasteiger partial charge in [-0.1, -0.05) is 13.0 Å². The number of aryl methyl sites for hydroxylation is 1. The largest absolute Gasteiger partial charge is 0.462 e. The molecule has 0 aliphatic carbocycles. The molecule has 28 heavy (non-hydrogen) atoms. The first-order chi connectivity index (χ1) is 13.3. The molecule has 0 bridgehead atoms. The maximum absolute atomic E-state index is 13.6. The summed E-state index contributed by atoms with van der Waals surface area (Å²) in [6.07, 6.45) is 0.653. The Hall–Kier alpha value is -2.81. The standard InChI is InChI=1S/C19H19F2NO5S/c1-4-13-10(3)15(18(24)26-5-2)17(28-13)22-14(23)9-27-19(25)16-11(20)7-6-8-12(16)21/h6-8H,4-5,9H2,1-3H3,(H,22,23). The Morgan fingerprint density at radius 3 is 2.21 bits per heavy atom. The molecule has 1 amide bonds. The molecular weight excluding hydrogens is 392 g/mol. The van der Waals surface area contributed by atoms with Crippen molar-refractivity contribution in [2.45, 2.75) is 27.2 Å². The van der Waals surface area contributed by atoms with Crippen molar-refractivity contribution < 1.29 is 32.6 Å². The molecule has 0 saturated carbocycles. The highest BCUT2D eigenvalue weighted by Gasteiger charge is 2.24. The van der Waals surface area contributed by atoms with Gasteiger partial charge in [0.25, 0.3) is 5.91 Å². The summed E-state index contributed by atoms with van der Waals surface area (Å²) in [7, 11) is 0. The quantitative estimate of drug-likeness (QED) is 0.700. The summed E-state index contributed by atoms with van der Waals surface area (Å²) >= 11 is 1.21. The van der Waals surface area contributed by atoms with Crippen LogP contribution in [0, 0.1) is 18.6 Å². The average Bonchev–Trinajstić information content (AvgIpc) is 2.95. The fourth-order valence-electron chi connectivity index (χ4n) is 2.49. The molecule has 2 rings (SSSR count).